The number of aromatic nitrogens is 2. The maximum absolute atomic E-state index is 5.70. The van der Waals surface area contributed by atoms with E-state index in [1.165, 1.54) is 0 Å². The number of halogens is 1. The van der Waals surface area contributed by atoms with E-state index in [2.05, 4.69) is 26.3 Å². The number of anilines is 1. The van der Waals surface area contributed by atoms with Gasteiger partial charge in [0.15, 0.2) is 0 Å². The van der Waals surface area contributed by atoms with E-state index in [9.17, 15) is 0 Å². The molecule has 2 rings (SSSR count). The van der Waals surface area contributed by atoms with Crippen LogP contribution >= 0.6 is 15.9 Å². The Morgan fingerprint density at radius 2 is 2.23 bits per heavy atom. The van der Waals surface area contributed by atoms with Crippen LogP contribution in [0.3, 0.4) is 0 Å². The Balaban J connectivity index is 2.18. The van der Waals surface area contributed by atoms with Crippen LogP contribution < -0.4 is 11.1 Å². The summed E-state index contributed by atoms with van der Waals surface area (Å²) in [5.41, 5.74) is 6.42. The highest BCUT2D eigenvalue weighted by atomic mass is 79.9. The Kier molecular flexibility index (Phi) is 2.55. The van der Waals surface area contributed by atoms with E-state index in [0.29, 0.717) is 6.04 Å². The average molecular weight is 245 g/mol. The molecular formula is C8H13BrN4. The van der Waals surface area contributed by atoms with Crippen molar-refractivity contribution in [3.05, 3.63) is 10.8 Å². The number of nitrogens with one attached hydrogen (secondary N) is 1. The summed E-state index contributed by atoms with van der Waals surface area (Å²) in [7, 11) is 0. The highest BCUT2D eigenvalue weighted by Crippen LogP contribution is 2.26. The lowest BCUT2D eigenvalue weighted by Gasteiger charge is -2.23. The molecule has 1 aliphatic heterocycles. The predicted octanol–water partition coefficient (Wildman–Crippen LogP) is 1.15. The first kappa shape index (κ1) is 9.02. The predicted molar refractivity (Wildman–Crippen MR) is 55.5 cm³/mol. The minimum Gasteiger partial charge on any atom is -0.395 e. The maximum Gasteiger partial charge on any atom is 0.127 e. The van der Waals surface area contributed by atoms with Gasteiger partial charge in [0.05, 0.1) is 17.9 Å². The standard InChI is InChI=1S/C8H13BrN4/c9-8-7(10)5-12-13(8)6-1-3-11-4-2-6/h5-6,11H,1-4,10H2. The molecule has 1 aromatic rings. The van der Waals surface area contributed by atoms with E-state index >= 15 is 0 Å². The van der Waals surface area contributed by atoms with Crippen molar-refractivity contribution in [3.63, 3.8) is 0 Å². The first-order valence-electron chi connectivity index (χ1n) is 4.48. The molecule has 5 heteroatoms. The Morgan fingerprint density at radius 1 is 1.54 bits per heavy atom. The minimum absolute atomic E-state index is 0.493. The van der Waals surface area contributed by atoms with Gasteiger partial charge in [-0.25, -0.2) is 0 Å². The molecule has 13 heavy (non-hydrogen) atoms. The molecule has 0 aliphatic carbocycles. The van der Waals surface area contributed by atoms with Crippen molar-refractivity contribution < 1.29 is 0 Å². The molecule has 1 aliphatic rings. The van der Waals surface area contributed by atoms with Gasteiger partial charge >= 0.3 is 0 Å². The summed E-state index contributed by atoms with van der Waals surface area (Å²) < 4.78 is 2.90. The van der Waals surface area contributed by atoms with Crippen LogP contribution in [0.2, 0.25) is 0 Å². The molecule has 0 atom stereocenters. The van der Waals surface area contributed by atoms with Crippen LogP contribution in [0.4, 0.5) is 5.69 Å². The van der Waals surface area contributed by atoms with E-state index in [1.807, 2.05) is 4.68 Å². The van der Waals surface area contributed by atoms with Crippen LogP contribution in [0, 0.1) is 0 Å². The largest absolute Gasteiger partial charge is 0.395 e. The number of nitrogens with two attached hydrogens (primary N) is 1. The Morgan fingerprint density at radius 3 is 2.77 bits per heavy atom. The van der Waals surface area contributed by atoms with E-state index in [1.54, 1.807) is 6.20 Å². The van der Waals surface area contributed by atoms with Gasteiger partial charge < -0.3 is 11.1 Å². The van der Waals surface area contributed by atoms with Gasteiger partial charge in [-0.1, -0.05) is 0 Å². The van der Waals surface area contributed by atoms with Gasteiger partial charge in [-0.05, 0) is 41.9 Å². The second-order valence-corrected chi connectivity index (χ2v) is 4.07. The van der Waals surface area contributed by atoms with Crippen molar-refractivity contribution in [1.29, 1.82) is 0 Å². The van der Waals surface area contributed by atoms with Crippen molar-refractivity contribution in [2.45, 2.75) is 18.9 Å². The summed E-state index contributed by atoms with van der Waals surface area (Å²) in [5.74, 6) is 0. The monoisotopic (exact) mass is 244 g/mol. The van der Waals surface area contributed by atoms with Gasteiger partial charge in [0.25, 0.3) is 0 Å². The SMILES string of the molecule is Nc1cnn(C2CCNCC2)c1Br. The summed E-state index contributed by atoms with van der Waals surface area (Å²) in [6.45, 7) is 2.13. The Labute approximate surface area is 85.6 Å². The molecule has 2 heterocycles. The maximum atomic E-state index is 5.70. The average Bonchev–Trinajstić information content (AvgIpc) is 2.49. The highest BCUT2D eigenvalue weighted by Gasteiger charge is 2.18. The van der Waals surface area contributed by atoms with Crippen LogP contribution in [0.25, 0.3) is 0 Å². The highest BCUT2D eigenvalue weighted by molar-refractivity contribution is 9.10. The number of hydrogen-bond donors (Lipinski definition) is 2. The number of hydrogen-bond acceptors (Lipinski definition) is 3. The van der Waals surface area contributed by atoms with E-state index < -0.39 is 0 Å². The zero-order valence-electron chi connectivity index (χ0n) is 7.33. The zero-order chi connectivity index (χ0) is 9.26. The minimum atomic E-state index is 0.493. The molecule has 0 aromatic carbocycles. The first-order valence-corrected chi connectivity index (χ1v) is 5.27. The van der Waals surface area contributed by atoms with Gasteiger partial charge in [0.2, 0.25) is 0 Å². The van der Waals surface area contributed by atoms with Gasteiger partial charge in [-0.3, -0.25) is 4.68 Å². The first-order chi connectivity index (χ1) is 6.29. The van der Waals surface area contributed by atoms with Crippen LogP contribution in [0.15, 0.2) is 10.8 Å². The van der Waals surface area contributed by atoms with Gasteiger partial charge in [0, 0.05) is 0 Å². The van der Waals surface area contributed by atoms with Crippen molar-refractivity contribution in [2.75, 3.05) is 18.8 Å². The number of nitrogen functional groups attached to an aromatic ring is 1. The lowest BCUT2D eigenvalue weighted by molar-refractivity contribution is 0.339. The number of nitrogens with zero attached hydrogens (tertiary/aromatic N) is 2. The Hall–Kier alpha value is -0.550. The fraction of sp³-hybridized carbons (Fsp3) is 0.625. The molecule has 0 bridgehead atoms. The smallest absolute Gasteiger partial charge is 0.127 e. The normalized spacial score (nSPS) is 19.2. The second kappa shape index (κ2) is 3.67. The molecule has 1 saturated heterocycles. The third-order valence-corrected chi connectivity index (χ3v) is 3.24. The topological polar surface area (TPSA) is 55.9 Å². The van der Waals surface area contributed by atoms with Crippen LogP contribution in [0.5, 0.6) is 0 Å². The summed E-state index contributed by atoms with van der Waals surface area (Å²) >= 11 is 3.44. The molecule has 4 nitrogen and oxygen atoms in total. The van der Waals surface area contributed by atoms with E-state index in [4.69, 9.17) is 5.73 Å². The van der Waals surface area contributed by atoms with E-state index in [-0.39, 0.29) is 0 Å². The summed E-state index contributed by atoms with van der Waals surface area (Å²) in [6, 6.07) is 0.493. The molecule has 0 amide bonds. The molecule has 0 radical (unpaired) electrons. The van der Waals surface area contributed by atoms with E-state index in [0.717, 1.165) is 36.2 Å². The Bertz CT molecular complexity index is 290. The van der Waals surface area contributed by atoms with Crippen LogP contribution in [0.1, 0.15) is 18.9 Å². The fourth-order valence-electron chi connectivity index (χ4n) is 1.67. The van der Waals surface area contributed by atoms with Gasteiger partial charge in [0.1, 0.15) is 4.60 Å². The third kappa shape index (κ3) is 1.71. The van der Waals surface area contributed by atoms with Crippen molar-refractivity contribution in [3.8, 4) is 0 Å². The molecular weight excluding hydrogens is 232 g/mol. The molecule has 1 aromatic heterocycles. The summed E-state index contributed by atoms with van der Waals surface area (Å²) in [6.07, 6.45) is 3.95. The van der Waals surface area contributed by atoms with Crippen molar-refractivity contribution in [1.82, 2.24) is 15.1 Å². The molecule has 0 spiro atoms. The molecule has 0 unspecified atom stereocenters. The molecule has 0 saturated carbocycles. The molecule has 1 fully saturated rings. The van der Waals surface area contributed by atoms with Gasteiger partial charge in [-0.15, -0.1) is 0 Å². The molecule has 3 N–H and O–H groups in total. The second-order valence-electron chi connectivity index (χ2n) is 3.32. The summed E-state index contributed by atoms with van der Waals surface area (Å²) in [5, 5.41) is 7.58. The fourth-order valence-corrected chi connectivity index (χ4v) is 2.15. The third-order valence-electron chi connectivity index (χ3n) is 2.42. The van der Waals surface area contributed by atoms with Crippen molar-refractivity contribution >= 4 is 21.6 Å². The van der Waals surface area contributed by atoms with Gasteiger partial charge in [-0.2, -0.15) is 5.10 Å². The lowest BCUT2D eigenvalue weighted by atomic mass is 10.1. The van der Waals surface area contributed by atoms with Crippen LogP contribution in [-0.2, 0) is 0 Å². The number of piperidine rings is 1. The molecule has 72 valence electrons. The van der Waals surface area contributed by atoms with Crippen molar-refractivity contribution in [2.24, 2.45) is 0 Å². The van der Waals surface area contributed by atoms with Crippen LogP contribution in [-0.4, -0.2) is 22.9 Å². The summed E-state index contributed by atoms with van der Waals surface area (Å²) in [4.78, 5) is 0. The zero-order valence-corrected chi connectivity index (χ0v) is 8.92. The lowest BCUT2D eigenvalue weighted by Crippen LogP contribution is -2.29. The number of rotatable bonds is 1. The quantitative estimate of drug-likeness (QED) is 0.780.